The van der Waals surface area contributed by atoms with Crippen LogP contribution in [0.3, 0.4) is 0 Å². The predicted octanol–water partition coefficient (Wildman–Crippen LogP) is 4.53. The van der Waals surface area contributed by atoms with Crippen molar-refractivity contribution in [3.8, 4) is 0 Å². The van der Waals surface area contributed by atoms with Gasteiger partial charge in [0, 0.05) is 29.7 Å². The zero-order chi connectivity index (χ0) is 20.7. The minimum absolute atomic E-state index is 0.0536. The third kappa shape index (κ3) is 5.18. The van der Waals surface area contributed by atoms with Crippen LogP contribution in [0.25, 0.3) is 0 Å². The highest BCUT2D eigenvalue weighted by atomic mass is 32.2. The van der Waals surface area contributed by atoms with E-state index in [1.807, 2.05) is 61.2 Å². The Hall–Kier alpha value is -2.34. The van der Waals surface area contributed by atoms with Crippen LogP contribution in [0.5, 0.6) is 0 Å². The van der Waals surface area contributed by atoms with Crippen molar-refractivity contribution in [1.82, 2.24) is 15.2 Å². The van der Waals surface area contributed by atoms with Crippen LogP contribution in [0.2, 0.25) is 0 Å². The van der Waals surface area contributed by atoms with Gasteiger partial charge in [0.05, 0.1) is 0 Å². The van der Waals surface area contributed by atoms with Crippen molar-refractivity contribution in [2.75, 3.05) is 13.1 Å². The Morgan fingerprint density at radius 2 is 1.72 bits per heavy atom. The van der Waals surface area contributed by atoms with E-state index in [0.717, 1.165) is 29.2 Å². The van der Waals surface area contributed by atoms with Crippen molar-refractivity contribution in [1.29, 1.82) is 0 Å². The Balaban J connectivity index is 1.73. The molecule has 6 heteroatoms. The second kappa shape index (κ2) is 9.92. The van der Waals surface area contributed by atoms with Crippen LogP contribution in [0.1, 0.15) is 56.3 Å². The summed E-state index contributed by atoms with van der Waals surface area (Å²) >= 11 is 1.55. The van der Waals surface area contributed by atoms with Gasteiger partial charge in [0.1, 0.15) is 10.6 Å². The predicted molar refractivity (Wildman–Crippen MR) is 116 cm³/mol. The third-order valence-corrected chi connectivity index (χ3v) is 6.46. The van der Waals surface area contributed by atoms with Gasteiger partial charge >= 0.3 is 0 Å². The normalized spacial score (nSPS) is 15.5. The fraction of sp³-hybridized carbons (Fsp3) is 0.435. The van der Waals surface area contributed by atoms with Crippen LogP contribution in [-0.2, 0) is 4.79 Å². The van der Waals surface area contributed by atoms with Gasteiger partial charge in [-0.3, -0.25) is 9.59 Å². The van der Waals surface area contributed by atoms with Crippen molar-refractivity contribution >= 4 is 23.6 Å². The molecule has 1 fully saturated rings. The van der Waals surface area contributed by atoms with E-state index >= 15 is 0 Å². The topological polar surface area (TPSA) is 62.3 Å². The lowest BCUT2D eigenvalue weighted by Crippen LogP contribution is -2.60. The first kappa shape index (κ1) is 21.4. The third-order valence-electron chi connectivity index (χ3n) is 5.50. The first-order chi connectivity index (χ1) is 14.1. The van der Waals surface area contributed by atoms with Gasteiger partial charge in [0.2, 0.25) is 5.91 Å². The second-order valence-electron chi connectivity index (χ2n) is 7.37. The summed E-state index contributed by atoms with van der Waals surface area (Å²) in [6.45, 7) is 5.29. The molecular formula is C23H29N3O2S. The highest BCUT2D eigenvalue weighted by molar-refractivity contribution is 7.99. The molecule has 0 aliphatic heterocycles. The molecule has 29 heavy (non-hydrogen) atoms. The molecule has 1 aromatic heterocycles. The number of likely N-dealkylation sites (N-methyl/N-ethyl adjacent to an activating group) is 1. The van der Waals surface area contributed by atoms with Crippen LogP contribution in [0, 0.1) is 0 Å². The van der Waals surface area contributed by atoms with Crippen LogP contribution in [-0.4, -0.2) is 40.3 Å². The number of nitrogens with one attached hydrogen (secondary N) is 1. The quantitative estimate of drug-likeness (QED) is 0.727. The van der Waals surface area contributed by atoms with E-state index < -0.39 is 5.54 Å². The van der Waals surface area contributed by atoms with Crippen LogP contribution in [0.15, 0.2) is 58.6 Å². The highest BCUT2D eigenvalue weighted by Gasteiger charge is 2.42. The lowest BCUT2D eigenvalue weighted by molar-refractivity contribution is -0.139. The maximum atomic E-state index is 13.2. The Bertz CT molecular complexity index is 814. The van der Waals surface area contributed by atoms with Gasteiger partial charge in [0.25, 0.3) is 5.91 Å². The smallest absolute Gasteiger partial charge is 0.252 e. The first-order valence-corrected chi connectivity index (χ1v) is 11.2. The Morgan fingerprint density at radius 3 is 2.31 bits per heavy atom. The number of amides is 2. The minimum atomic E-state index is -0.775. The van der Waals surface area contributed by atoms with Gasteiger partial charge in [-0.15, -0.1) is 0 Å². The standard InChI is InChI=1S/C23H29N3O2S/c1-3-26(4-2)22(28)23(15-7-5-8-16-23)25-21(27)18-11-13-19(14-12-18)29-20-10-6-9-17-24-20/h6,9-14,17H,3-5,7-8,15-16H2,1-2H3,(H,25,27). The molecular weight excluding hydrogens is 382 g/mol. The van der Waals surface area contributed by atoms with E-state index in [-0.39, 0.29) is 11.8 Å². The fourth-order valence-electron chi connectivity index (χ4n) is 3.85. The summed E-state index contributed by atoms with van der Waals surface area (Å²) in [5.74, 6) is -0.125. The number of hydrogen-bond donors (Lipinski definition) is 1. The molecule has 1 heterocycles. The van der Waals surface area contributed by atoms with Crippen LogP contribution < -0.4 is 5.32 Å². The molecule has 1 N–H and O–H groups in total. The maximum Gasteiger partial charge on any atom is 0.252 e. The van der Waals surface area contributed by atoms with E-state index in [2.05, 4.69) is 10.3 Å². The van der Waals surface area contributed by atoms with Gasteiger partial charge in [-0.1, -0.05) is 37.1 Å². The summed E-state index contributed by atoms with van der Waals surface area (Å²) in [5.41, 5.74) is -0.199. The van der Waals surface area contributed by atoms with Crippen molar-refractivity contribution < 1.29 is 9.59 Å². The molecule has 0 radical (unpaired) electrons. The lowest BCUT2D eigenvalue weighted by Gasteiger charge is -2.40. The second-order valence-corrected chi connectivity index (χ2v) is 8.46. The van der Waals surface area contributed by atoms with Crippen molar-refractivity contribution in [3.05, 3.63) is 54.2 Å². The molecule has 1 aliphatic rings. The average Bonchev–Trinajstić information content (AvgIpc) is 2.76. The molecule has 2 amide bonds. The Morgan fingerprint density at radius 1 is 1.03 bits per heavy atom. The van der Waals surface area contributed by atoms with E-state index in [9.17, 15) is 9.59 Å². The molecule has 154 valence electrons. The number of pyridine rings is 1. The van der Waals surface area contributed by atoms with E-state index in [0.29, 0.717) is 31.5 Å². The molecule has 1 aromatic carbocycles. The van der Waals surface area contributed by atoms with Crippen molar-refractivity contribution in [2.24, 2.45) is 0 Å². The number of aromatic nitrogens is 1. The summed E-state index contributed by atoms with van der Waals surface area (Å²) in [4.78, 5) is 33.4. The first-order valence-electron chi connectivity index (χ1n) is 10.4. The summed E-state index contributed by atoms with van der Waals surface area (Å²) in [7, 11) is 0. The monoisotopic (exact) mass is 411 g/mol. The highest BCUT2D eigenvalue weighted by Crippen LogP contribution is 2.31. The SMILES string of the molecule is CCN(CC)C(=O)C1(NC(=O)c2ccc(Sc3ccccn3)cc2)CCCCC1. The summed E-state index contributed by atoms with van der Waals surface area (Å²) in [6.07, 6.45) is 6.23. The zero-order valence-corrected chi connectivity index (χ0v) is 18.0. The summed E-state index contributed by atoms with van der Waals surface area (Å²) in [5, 5.41) is 4.03. The zero-order valence-electron chi connectivity index (χ0n) is 17.2. The molecule has 0 saturated heterocycles. The summed E-state index contributed by atoms with van der Waals surface area (Å²) in [6, 6.07) is 13.3. The van der Waals surface area contributed by atoms with Crippen molar-refractivity contribution in [3.63, 3.8) is 0 Å². The number of hydrogen-bond acceptors (Lipinski definition) is 4. The van der Waals surface area contributed by atoms with Crippen molar-refractivity contribution in [2.45, 2.75) is 61.4 Å². The molecule has 0 unspecified atom stereocenters. The average molecular weight is 412 g/mol. The molecule has 1 aliphatic carbocycles. The molecule has 2 aromatic rings. The Labute approximate surface area is 177 Å². The van der Waals surface area contributed by atoms with E-state index in [1.54, 1.807) is 18.0 Å². The largest absolute Gasteiger partial charge is 0.341 e. The number of carbonyl (C=O) groups excluding carboxylic acids is 2. The number of nitrogens with zero attached hydrogens (tertiary/aromatic N) is 2. The minimum Gasteiger partial charge on any atom is -0.341 e. The van der Waals surface area contributed by atoms with E-state index in [1.165, 1.54) is 0 Å². The van der Waals surface area contributed by atoms with Gasteiger partial charge < -0.3 is 10.2 Å². The van der Waals surface area contributed by atoms with Gasteiger partial charge in [-0.2, -0.15) is 0 Å². The molecule has 1 saturated carbocycles. The molecule has 0 bridgehead atoms. The van der Waals surface area contributed by atoms with Crippen LogP contribution >= 0.6 is 11.8 Å². The van der Waals surface area contributed by atoms with Gasteiger partial charge in [-0.05, 0) is 63.1 Å². The Kier molecular flexibility index (Phi) is 7.31. The number of rotatable bonds is 7. The maximum absolute atomic E-state index is 13.2. The van der Waals surface area contributed by atoms with Crippen LogP contribution in [0.4, 0.5) is 0 Å². The summed E-state index contributed by atoms with van der Waals surface area (Å²) < 4.78 is 0. The molecule has 0 spiro atoms. The number of carbonyl (C=O) groups is 2. The van der Waals surface area contributed by atoms with Gasteiger partial charge in [0.15, 0.2) is 0 Å². The van der Waals surface area contributed by atoms with Gasteiger partial charge in [-0.25, -0.2) is 4.98 Å². The number of benzene rings is 1. The molecule has 5 nitrogen and oxygen atoms in total. The lowest BCUT2D eigenvalue weighted by atomic mass is 9.80. The molecule has 3 rings (SSSR count). The molecule has 0 atom stereocenters. The van der Waals surface area contributed by atoms with E-state index in [4.69, 9.17) is 0 Å². The fourth-order valence-corrected chi connectivity index (χ4v) is 4.63.